The van der Waals surface area contributed by atoms with Crippen LogP contribution in [0.2, 0.25) is 0 Å². The minimum Gasteiger partial charge on any atom is -0.309 e. The fourth-order valence-corrected chi connectivity index (χ4v) is 9.16. The minimum absolute atomic E-state index is 0.491. The van der Waals surface area contributed by atoms with Gasteiger partial charge in [0.05, 0.1) is 34.3 Å². The maximum Gasteiger partial charge on any atom is 0.238 e. The third kappa shape index (κ3) is 4.40. The van der Waals surface area contributed by atoms with Gasteiger partial charge in [-0.1, -0.05) is 115 Å². The number of benzene rings is 7. The van der Waals surface area contributed by atoms with Gasteiger partial charge in [0.2, 0.25) is 5.95 Å². The third-order valence-electron chi connectivity index (χ3n) is 10.2. The summed E-state index contributed by atoms with van der Waals surface area (Å²) in [5.74, 6) is 1.56. The van der Waals surface area contributed by atoms with Gasteiger partial charge < -0.3 is 4.57 Å². The molecule has 0 aliphatic heterocycles. The molecule has 0 fully saturated rings. The van der Waals surface area contributed by atoms with Crippen LogP contribution in [0.15, 0.2) is 158 Å². The summed E-state index contributed by atoms with van der Waals surface area (Å²) in [6.07, 6.45) is 0. The Morgan fingerprint density at radius 1 is 0.491 bits per heavy atom. The Bertz CT molecular complexity index is 3260. The van der Waals surface area contributed by atoms with E-state index in [2.05, 4.69) is 111 Å². The number of thiophene rings is 1. The molecule has 0 atom stereocenters. The Morgan fingerprint density at radius 2 is 1.11 bits per heavy atom. The van der Waals surface area contributed by atoms with Crippen LogP contribution in [-0.2, 0) is 0 Å². The van der Waals surface area contributed by atoms with Crippen molar-refractivity contribution in [3.63, 3.8) is 0 Å². The number of hydrogen-bond acceptors (Lipinski definition) is 4. The average Bonchev–Trinajstić information content (AvgIpc) is 3.88. The van der Waals surface area contributed by atoms with E-state index >= 15 is 0 Å². The molecule has 6 nitrogen and oxygen atoms in total. The summed E-state index contributed by atoms with van der Waals surface area (Å²) < 4.78 is 6.96. The van der Waals surface area contributed by atoms with Gasteiger partial charge in [0, 0.05) is 52.8 Å². The van der Waals surface area contributed by atoms with Crippen LogP contribution in [-0.4, -0.2) is 24.1 Å². The normalized spacial score (nSPS) is 11.8. The van der Waals surface area contributed by atoms with Crippen molar-refractivity contribution >= 4 is 80.8 Å². The second kappa shape index (κ2) is 11.4. The number of aromatic nitrogens is 5. The number of hydrogen-bond donors (Lipinski definition) is 0. The fourth-order valence-electron chi connectivity index (χ4n) is 7.90. The highest BCUT2D eigenvalue weighted by Gasteiger charge is 2.23. The molecule has 246 valence electrons. The van der Waals surface area contributed by atoms with Gasteiger partial charge in [0.25, 0.3) is 0 Å². The maximum absolute atomic E-state index is 8.03. The predicted octanol–water partition coefficient (Wildman–Crippen LogP) is 12.3. The van der Waals surface area contributed by atoms with Gasteiger partial charge in [-0.05, 0) is 42.5 Å². The molecule has 4 heterocycles. The molecule has 4 aromatic heterocycles. The summed E-state index contributed by atoms with van der Waals surface area (Å²) in [6.45, 7) is 8.03. The SMILES string of the molecule is [C-]#[N+]c1ccc(-n2c3ccccc3c3c4sc5ccccc5c4ccc32)c(-c2nc(-c3ccccc3)nc(-n3c4ccccc4c4ccccc43)n2)c1. The lowest BCUT2D eigenvalue weighted by molar-refractivity contribution is 0.952. The van der Waals surface area contributed by atoms with E-state index in [-0.39, 0.29) is 0 Å². The third-order valence-corrected chi connectivity index (χ3v) is 11.4. The van der Waals surface area contributed by atoms with Gasteiger partial charge in [0.15, 0.2) is 17.3 Å². The molecule has 0 bridgehead atoms. The molecule has 0 unspecified atom stereocenters. The molecule has 0 amide bonds. The second-order valence-corrected chi connectivity index (χ2v) is 14.2. The van der Waals surface area contributed by atoms with Crippen LogP contribution in [0.25, 0.3) is 103 Å². The van der Waals surface area contributed by atoms with Crippen molar-refractivity contribution in [2.45, 2.75) is 0 Å². The highest BCUT2D eigenvalue weighted by Crippen LogP contribution is 2.44. The lowest BCUT2D eigenvalue weighted by atomic mass is 10.1. The van der Waals surface area contributed by atoms with Crippen LogP contribution >= 0.6 is 11.3 Å². The molecule has 7 heteroatoms. The Morgan fingerprint density at radius 3 is 1.85 bits per heavy atom. The number of fused-ring (bicyclic) bond motifs is 10. The van der Waals surface area contributed by atoms with Crippen molar-refractivity contribution in [3.8, 4) is 34.4 Å². The average molecular weight is 695 g/mol. The van der Waals surface area contributed by atoms with Crippen LogP contribution in [0.3, 0.4) is 0 Å². The largest absolute Gasteiger partial charge is 0.309 e. The van der Waals surface area contributed by atoms with Crippen molar-refractivity contribution in [3.05, 3.63) is 169 Å². The first kappa shape index (κ1) is 29.6. The van der Waals surface area contributed by atoms with E-state index in [0.717, 1.165) is 49.7 Å². The molecular formula is C46H26N6S. The number of para-hydroxylation sites is 3. The Balaban J connectivity index is 1.24. The van der Waals surface area contributed by atoms with Gasteiger partial charge >= 0.3 is 0 Å². The molecule has 0 spiro atoms. The van der Waals surface area contributed by atoms with Crippen molar-refractivity contribution < 1.29 is 0 Å². The number of nitrogens with zero attached hydrogens (tertiary/aromatic N) is 6. The number of rotatable bonds is 4. The monoisotopic (exact) mass is 694 g/mol. The Kier molecular flexibility index (Phi) is 6.38. The van der Waals surface area contributed by atoms with E-state index in [1.54, 1.807) is 0 Å². The Hall–Kier alpha value is -7.14. The molecule has 0 saturated carbocycles. The van der Waals surface area contributed by atoms with Crippen LogP contribution in [0.1, 0.15) is 0 Å². The summed E-state index contributed by atoms with van der Waals surface area (Å²) in [4.78, 5) is 19.5. The van der Waals surface area contributed by atoms with E-state index in [1.807, 2.05) is 72.0 Å². The van der Waals surface area contributed by atoms with Gasteiger partial charge in [0.1, 0.15) is 0 Å². The highest BCUT2D eigenvalue weighted by atomic mass is 32.1. The lowest BCUT2D eigenvalue weighted by Crippen LogP contribution is -2.07. The zero-order valence-electron chi connectivity index (χ0n) is 28.1. The van der Waals surface area contributed by atoms with E-state index in [4.69, 9.17) is 21.5 Å². The molecule has 0 N–H and O–H groups in total. The first-order valence-electron chi connectivity index (χ1n) is 17.4. The van der Waals surface area contributed by atoms with Crippen molar-refractivity contribution in [2.75, 3.05) is 0 Å². The zero-order valence-corrected chi connectivity index (χ0v) is 28.9. The van der Waals surface area contributed by atoms with Crippen LogP contribution < -0.4 is 0 Å². The predicted molar refractivity (Wildman–Crippen MR) is 219 cm³/mol. The van der Waals surface area contributed by atoms with Gasteiger partial charge in [-0.25, -0.2) is 9.83 Å². The first-order chi connectivity index (χ1) is 26.2. The van der Waals surface area contributed by atoms with Gasteiger partial charge in [-0.2, -0.15) is 9.97 Å². The highest BCUT2D eigenvalue weighted by molar-refractivity contribution is 7.26. The standard InChI is InChI=1S/C46H26N6S/c1-47-29-23-25-39(51-38-21-11-7-18-34(38)42-40(51)26-24-33-32-17-8-12-22-41(32)53-43(33)42)35(27-29)45-48-44(28-13-3-2-4-14-28)49-46(50-45)52-36-19-9-5-15-30(36)31-16-6-10-20-37(31)52/h2-27H. The summed E-state index contributed by atoms with van der Waals surface area (Å²) in [6, 6.07) is 54.3. The summed E-state index contributed by atoms with van der Waals surface area (Å²) >= 11 is 1.83. The van der Waals surface area contributed by atoms with E-state index < -0.39 is 0 Å². The fraction of sp³-hybridized carbons (Fsp3) is 0. The first-order valence-corrected chi connectivity index (χ1v) is 18.2. The molecular weight excluding hydrogens is 669 g/mol. The van der Waals surface area contributed by atoms with E-state index in [0.29, 0.717) is 23.3 Å². The molecule has 7 aromatic carbocycles. The van der Waals surface area contributed by atoms with Crippen LogP contribution in [0.4, 0.5) is 5.69 Å². The van der Waals surface area contributed by atoms with Crippen LogP contribution in [0.5, 0.6) is 0 Å². The smallest absolute Gasteiger partial charge is 0.238 e. The lowest BCUT2D eigenvalue weighted by Gasteiger charge is -2.16. The minimum atomic E-state index is 0.491. The topological polar surface area (TPSA) is 52.9 Å². The molecule has 53 heavy (non-hydrogen) atoms. The zero-order chi connectivity index (χ0) is 35.0. The van der Waals surface area contributed by atoms with Gasteiger partial charge in [-0.3, -0.25) is 4.57 Å². The van der Waals surface area contributed by atoms with E-state index in [1.165, 1.54) is 30.9 Å². The molecule has 0 saturated heterocycles. The maximum atomic E-state index is 8.03. The molecule has 0 aliphatic rings. The quantitative estimate of drug-likeness (QED) is 0.172. The Labute approximate surface area is 307 Å². The second-order valence-electron chi connectivity index (χ2n) is 13.1. The summed E-state index contributed by atoms with van der Waals surface area (Å²) in [5, 5.41) is 7.16. The molecule has 11 rings (SSSR count). The van der Waals surface area contributed by atoms with Crippen molar-refractivity contribution in [1.82, 2.24) is 24.1 Å². The molecule has 0 aliphatic carbocycles. The summed E-state index contributed by atoms with van der Waals surface area (Å²) in [5.41, 5.74) is 7.21. The van der Waals surface area contributed by atoms with E-state index in [9.17, 15) is 0 Å². The molecule has 0 radical (unpaired) electrons. The van der Waals surface area contributed by atoms with Crippen molar-refractivity contribution in [1.29, 1.82) is 0 Å². The van der Waals surface area contributed by atoms with Gasteiger partial charge in [-0.15, -0.1) is 11.3 Å². The summed E-state index contributed by atoms with van der Waals surface area (Å²) in [7, 11) is 0. The van der Waals surface area contributed by atoms with Crippen molar-refractivity contribution in [2.24, 2.45) is 0 Å². The van der Waals surface area contributed by atoms with Crippen LogP contribution in [0, 0.1) is 6.57 Å². The molecule has 11 aromatic rings.